The van der Waals surface area contributed by atoms with Crippen LogP contribution in [0.1, 0.15) is 18.5 Å². The molecule has 0 spiro atoms. The van der Waals surface area contributed by atoms with Crippen molar-refractivity contribution in [2.45, 2.75) is 13.0 Å². The monoisotopic (exact) mass is 331 g/mol. The minimum Gasteiger partial charge on any atom is -0.399 e. The van der Waals surface area contributed by atoms with Crippen molar-refractivity contribution >= 4 is 33.2 Å². The normalized spacial score (nSPS) is 12.5. The standard InChI is InChI=1S/C14H14BrN5/c1-9(10-4-6-11(16)7-5-10)17-14-18-13-12(15)3-2-8-20(13)19-14/h2-9H,16H2,1H3,(H,17,19). The van der Waals surface area contributed by atoms with E-state index in [2.05, 4.69) is 38.3 Å². The summed E-state index contributed by atoms with van der Waals surface area (Å²) in [6, 6.07) is 11.7. The number of nitrogen functional groups attached to an aromatic ring is 1. The van der Waals surface area contributed by atoms with Crippen LogP contribution in [0.25, 0.3) is 5.65 Å². The van der Waals surface area contributed by atoms with Gasteiger partial charge in [-0.05, 0) is 52.7 Å². The summed E-state index contributed by atoms with van der Waals surface area (Å²) in [7, 11) is 0. The Kier molecular flexibility index (Phi) is 3.31. The second-order valence-electron chi connectivity index (χ2n) is 4.59. The van der Waals surface area contributed by atoms with Crippen LogP contribution in [0.5, 0.6) is 0 Å². The molecule has 0 saturated heterocycles. The molecule has 0 aliphatic rings. The summed E-state index contributed by atoms with van der Waals surface area (Å²) in [5, 5.41) is 7.69. The molecule has 1 atom stereocenters. The molecule has 102 valence electrons. The third-order valence-corrected chi connectivity index (χ3v) is 3.72. The predicted octanol–water partition coefficient (Wildman–Crippen LogP) is 3.25. The molecular formula is C14H14BrN5. The highest BCUT2D eigenvalue weighted by molar-refractivity contribution is 9.10. The van der Waals surface area contributed by atoms with Crippen molar-refractivity contribution in [1.82, 2.24) is 14.6 Å². The van der Waals surface area contributed by atoms with E-state index >= 15 is 0 Å². The molecule has 0 aliphatic carbocycles. The second-order valence-corrected chi connectivity index (χ2v) is 5.45. The molecule has 1 aromatic carbocycles. The Balaban J connectivity index is 1.85. The van der Waals surface area contributed by atoms with Gasteiger partial charge in [0.2, 0.25) is 5.95 Å². The highest BCUT2D eigenvalue weighted by atomic mass is 79.9. The van der Waals surface area contributed by atoms with Gasteiger partial charge in [0.15, 0.2) is 5.65 Å². The van der Waals surface area contributed by atoms with E-state index in [0.717, 1.165) is 21.4 Å². The molecular weight excluding hydrogens is 318 g/mol. The van der Waals surface area contributed by atoms with Crippen LogP contribution in [-0.4, -0.2) is 14.6 Å². The third kappa shape index (κ3) is 2.46. The van der Waals surface area contributed by atoms with Gasteiger partial charge in [-0.15, -0.1) is 5.10 Å². The fourth-order valence-electron chi connectivity index (χ4n) is 2.00. The molecule has 3 rings (SSSR count). The smallest absolute Gasteiger partial charge is 0.243 e. The van der Waals surface area contributed by atoms with Crippen molar-refractivity contribution in [2.75, 3.05) is 11.1 Å². The summed E-state index contributed by atoms with van der Waals surface area (Å²) < 4.78 is 2.66. The summed E-state index contributed by atoms with van der Waals surface area (Å²) in [5.74, 6) is 0.598. The number of nitrogens with one attached hydrogen (secondary N) is 1. The topological polar surface area (TPSA) is 68.2 Å². The largest absolute Gasteiger partial charge is 0.399 e. The zero-order chi connectivity index (χ0) is 14.1. The van der Waals surface area contributed by atoms with Crippen molar-refractivity contribution in [2.24, 2.45) is 0 Å². The maximum Gasteiger partial charge on any atom is 0.243 e. The van der Waals surface area contributed by atoms with E-state index < -0.39 is 0 Å². The van der Waals surface area contributed by atoms with Crippen molar-refractivity contribution in [1.29, 1.82) is 0 Å². The van der Waals surface area contributed by atoms with Crippen LogP contribution < -0.4 is 11.1 Å². The van der Waals surface area contributed by atoms with Gasteiger partial charge in [0, 0.05) is 11.9 Å². The minimum absolute atomic E-state index is 0.104. The number of fused-ring (bicyclic) bond motifs is 1. The van der Waals surface area contributed by atoms with Crippen molar-refractivity contribution in [3.63, 3.8) is 0 Å². The molecule has 2 aromatic heterocycles. The molecule has 0 fully saturated rings. The molecule has 20 heavy (non-hydrogen) atoms. The van der Waals surface area contributed by atoms with Gasteiger partial charge >= 0.3 is 0 Å². The van der Waals surface area contributed by atoms with E-state index in [1.807, 2.05) is 42.6 Å². The lowest BCUT2D eigenvalue weighted by atomic mass is 10.1. The zero-order valence-electron chi connectivity index (χ0n) is 10.9. The van der Waals surface area contributed by atoms with E-state index in [1.165, 1.54) is 0 Å². The van der Waals surface area contributed by atoms with Gasteiger partial charge < -0.3 is 11.1 Å². The first-order valence-electron chi connectivity index (χ1n) is 6.26. The first-order valence-corrected chi connectivity index (χ1v) is 7.05. The molecule has 6 heteroatoms. The molecule has 3 N–H and O–H groups in total. The maximum atomic E-state index is 5.69. The molecule has 1 unspecified atom stereocenters. The minimum atomic E-state index is 0.104. The number of aromatic nitrogens is 3. The van der Waals surface area contributed by atoms with E-state index in [1.54, 1.807) is 4.52 Å². The van der Waals surface area contributed by atoms with Crippen LogP contribution in [-0.2, 0) is 0 Å². The first kappa shape index (κ1) is 12.9. The summed E-state index contributed by atoms with van der Waals surface area (Å²) >= 11 is 3.46. The molecule has 0 amide bonds. The number of benzene rings is 1. The number of halogens is 1. The summed E-state index contributed by atoms with van der Waals surface area (Å²) in [5.41, 5.74) is 8.38. The molecule has 0 radical (unpaired) electrons. The highest BCUT2D eigenvalue weighted by Crippen LogP contribution is 2.21. The number of nitrogens with zero attached hydrogens (tertiary/aromatic N) is 3. The lowest BCUT2D eigenvalue weighted by Gasteiger charge is -2.12. The summed E-state index contributed by atoms with van der Waals surface area (Å²) in [6.45, 7) is 2.06. The Labute approximate surface area is 125 Å². The van der Waals surface area contributed by atoms with Crippen LogP contribution in [0.15, 0.2) is 47.1 Å². The fourth-order valence-corrected chi connectivity index (χ4v) is 2.42. The number of nitrogens with two attached hydrogens (primary N) is 1. The maximum absolute atomic E-state index is 5.69. The molecule has 0 saturated carbocycles. The summed E-state index contributed by atoms with van der Waals surface area (Å²) in [6.07, 6.45) is 1.87. The fraction of sp³-hybridized carbons (Fsp3) is 0.143. The molecule has 3 aromatic rings. The third-order valence-electron chi connectivity index (χ3n) is 3.10. The Bertz CT molecular complexity index is 735. The molecule has 0 bridgehead atoms. The van der Waals surface area contributed by atoms with E-state index in [-0.39, 0.29) is 6.04 Å². The molecule has 2 heterocycles. The van der Waals surface area contributed by atoms with Gasteiger partial charge in [-0.3, -0.25) is 0 Å². The number of pyridine rings is 1. The number of anilines is 2. The SMILES string of the molecule is CC(Nc1nc2c(Br)cccn2n1)c1ccc(N)cc1. The number of hydrogen-bond acceptors (Lipinski definition) is 4. The Morgan fingerprint density at radius 2 is 2.00 bits per heavy atom. The average Bonchev–Trinajstić information content (AvgIpc) is 2.83. The lowest BCUT2D eigenvalue weighted by Crippen LogP contribution is -2.08. The first-order chi connectivity index (χ1) is 9.63. The highest BCUT2D eigenvalue weighted by Gasteiger charge is 2.10. The Morgan fingerprint density at radius 3 is 2.70 bits per heavy atom. The van der Waals surface area contributed by atoms with E-state index in [4.69, 9.17) is 5.73 Å². The van der Waals surface area contributed by atoms with Crippen LogP contribution in [0.4, 0.5) is 11.6 Å². The Morgan fingerprint density at radius 1 is 1.25 bits per heavy atom. The van der Waals surface area contributed by atoms with Gasteiger partial charge in [-0.2, -0.15) is 4.98 Å². The van der Waals surface area contributed by atoms with Crippen molar-refractivity contribution < 1.29 is 0 Å². The number of rotatable bonds is 3. The van der Waals surface area contributed by atoms with Gasteiger partial charge in [-0.25, -0.2) is 4.52 Å². The molecule has 0 aliphatic heterocycles. The quantitative estimate of drug-likeness (QED) is 0.723. The van der Waals surface area contributed by atoms with Gasteiger partial charge in [0.05, 0.1) is 10.5 Å². The predicted molar refractivity (Wildman–Crippen MR) is 83.6 cm³/mol. The van der Waals surface area contributed by atoms with E-state index in [0.29, 0.717) is 5.95 Å². The van der Waals surface area contributed by atoms with Crippen molar-refractivity contribution in [3.8, 4) is 0 Å². The van der Waals surface area contributed by atoms with Crippen LogP contribution in [0, 0.1) is 0 Å². The zero-order valence-corrected chi connectivity index (χ0v) is 12.5. The summed E-state index contributed by atoms with van der Waals surface area (Å²) in [4.78, 5) is 4.46. The van der Waals surface area contributed by atoms with E-state index in [9.17, 15) is 0 Å². The number of hydrogen-bond donors (Lipinski definition) is 2. The van der Waals surface area contributed by atoms with Crippen LogP contribution in [0.3, 0.4) is 0 Å². The van der Waals surface area contributed by atoms with Gasteiger partial charge in [0.1, 0.15) is 0 Å². The van der Waals surface area contributed by atoms with Crippen LogP contribution in [0.2, 0.25) is 0 Å². The Hall–Kier alpha value is -2.08. The lowest BCUT2D eigenvalue weighted by molar-refractivity contribution is 0.853. The molecule has 5 nitrogen and oxygen atoms in total. The second kappa shape index (κ2) is 5.13. The van der Waals surface area contributed by atoms with Crippen LogP contribution >= 0.6 is 15.9 Å². The van der Waals surface area contributed by atoms with Crippen molar-refractivity contribution in [3.05, 3.63) is 52.6 Å². The van der Waals surface area contributed by atoms with Gasteiger partial charge in [-0.1, -0.05) is 12.1 Å². The van der Waals surface area contributed by atoms with Gasteiger partial charge in [0.25, 0.3) is 0 Å². The average molecular weight is 332 g/mol.